The Balaban J connectivity index is 2.56. The highest BCUT2D eigenvalue weighted by Gasteiger charge is 2.24. The van der Waals surface area contributed by atoms with Crippen molar-refractivity contribution in [2.45, 2.75) is 19.3 Å². The van der Waals surface area contributed by atoms with Crippen molar-refractivity contribution in [2.75, 3.05) is 18.8 Å². The second kappa shape index (κ2) is 3.92. The standard InChI is InChI=1S/C8H13NO2S/c1-2-3-6-9-7-4-5-8-12(9,10)11/h1H,3-8H2. The lowest BCUT2D eigenvalue weighted by atomic mass is 10.3. The molecule has 4 heteroatoms. The van der Waals surface area contributed by atoms with Crippen LogP contribution in [-0.2, 0) is 10.0 Å². The number of nitrogens with zero attached hydrogens (tertiary/aromatic N) is 1. The van der Waals surface area contributed by atoms with E-state index in [0.29, 0.717) is 19.5 Å². The fraction of sp³-hybridized carbons (Fsp3) is 0.750. The Hall–Kier alpha value is -0.530. The van der Waals surface area contributed by atoms with E-state index in [1.54, 1.807) is 0 Å². The van der Waals surface area contributed by atoms with Crippen LogP contribution in [0.4, 0.5) is 0 Å². The van der Waals surface area contributed by atoms with Crippen LogP contribution in [0, 0.1) is 12.3 Å². The minimum atomic E-state index is -2.96. The van der Waals surface area contributed by atoms with Gasteiger partial charge in [0.05, 0.1) is 5.75 Å². The molecule has 12 heavy (non-hydrogen) atoms. The summed E-state index contributed by atoms with van der Waals surface area (Å²) >= 11 is 0. The van der Waals surface area contributed by atoms with Gasteiger partial charge in [0.1, 0.15) is 0 Å². The molecule has 0 aromatic heterocycles. The zero-order valence-electron chi connectivity index (χ0n) is 6.99. The Labute approximate surface area is 73.8 Å². The average Bonchev–Trinajstić information content (AvgIpc) is 2.02. The van der Waals surface area contributed by atoms with Crippen molar-refractivity contribution >= 4 is 10.0 Å². The first-order valence-corrected chi connectivity index (χ1v) is 5.69. The molecule has 1 fully saturated rings. The summed E-state index contributed by atoms with van der Waals surface area (Å²) in [4.78, 5) is 0. The minimum absolute atomic E-state index is 0.289. The van der Waals surface area contributed by atoms with Crippen LogP contribution < -0.4 is 0 Å². The third kappa shape index (κ3) is 2.23. The van der Waals surface area contributed by atoms with Gasteiger partial charge < -0.3 is 0 Å². The van der Waals surface area contributed by atoms with Crippen molar-refractivity contribution < 1.29 is 8.42 Å². The van der Waals surface area contributed by atoms with E-state index in [1.807, 2.05) is 0 Å². The Morgan fingerprint density at radius 2 is 2.17 bits per heavy atom. The van der Waals surface area contributed by atoms with Crippen LogP contribution in [0.3, 0.4) is 0 Å². The molecule has 1 aliphatic rings. The molecule has 1 heterocycles. The average molecular weight is 187 g/mol. The molecule has 0 amide bonds. The Morgan fingerprint density at radius 1 is 1.42 bits per heavy atom. The van der Waals surface area contributed by atoms with E-state index in [1.165, 1.54) is 4.31 Å². The maximum Gasteiger partial charge on any atom is 0.214 e. The van der Waals surface area contributed by atoms with Crippen LogP contribution >= 0.6 is 0 Å². The van der Waals surface area contributed by atoms with E-state index in [9.17, 15) is 8.42 Å². The van der Waals surface area contributed by atoms with E-state index >= 15 is 0 Å². The molecule has 0 aromatic carbocycles. The molecular weight excluding hydrogens is 174 g/mol. The highest BCUT2D eigenvalue weighted by molar-refractivity contribution is 7.89. The van der Waals surface area contributed by atoms with Gasteiger partial charge in [-0.25, -0.2) is 12.7 Å². The summed E-state index contributed by atoms with van der Waals surface area (Å²) in [6.45, 7) is 1.13. The maximum atomic E-state index is 11.3. The maximum absolute atomic E-state index is 11.3. The van der Waals surface area contributed by atoms with Gasteiger partial charge in [0.25, 0.3) is 0 Å². The summed E-state index contributed by atoms with van der Waals surface area (Å²) in [6.07, 6.45) is 7.32. The first-order chi connectivity index (χ1) is 5.67. The van der Waals surface area contributed by atoms with E-state index < -0.39 is 10.0 Å². The molecule has 68 valence electrons. The number of sulfonamides is 1. The molecule has 1 saturated heterocycles. The molecule has 0 atom stereocenters. The van der Waals surface area contributed by atoms with Crippen LogP contribution in [0.25, 0.3) is 0 Å². The fourth-order valence-corrected chi connectivity index (χ4v) is 2.88. The molecule has 1 aliphatic heterocycles. The summed E-state index contributed by atoms with van der Waals surface area (Å²) in [7, 11) is -2.96. The second-order valence-electron chi connectivity index (χ2n) is 2.88. The lowest BCUT2D eigenvalue weighted by Crippen LogP contribution is -2.38. The Morgan fingerprint density at radius 3 is 2.75 bits per heavy atom. The van der Waals surface area contributed by atoms with E-state index in [4.69, 9.17) is 6.42 Å². The van der Waals surface area contributed by atoms with E-state index in [-0.39, 0.29) is 5.75 Å². The monoisotopic (exact) mass is 187 g/mol. The van der Waals surface area contributed by atoms with Crippen molar-refractivity contribution in [2.24, 2.45) is 0 Å². The Bertz CT molecular complexity index is 276. The third-order valence-corrected chi connectivity index (χ3v) is 3.92. The van der Waals surface area contributed by atoms with Gasteiger partial charge in [0, 0.05) is 19.5 Å². The molecule has 0 radical (unpaired) electrons. The zero-order chi connectivity index (χ0) is 9.03. The fourth-order valence-electron chi connectivity index (χ4n) is 1.28. The van der Waals surface area contributed by atoms with Crippen molar-refractivity contribution in [3.05, 3.63) is 0 Å². The number of hydrogen-bond donors (Lipinski definition) is 0. The topological polar surface area (TPSA) is 37.4 Å². The van der Waals surface area contributed by atoms with Crippen molar-refractivity contribution in [1.82, 2.24) is 4.31 Å². The molecule has 0 bridgehead atoms. The van der Waals surface area contributed by atoms with Gasteiger partial charge in [0.15, 0.2) is 0 Å². The number of terminal acetylenes is 1. The SMILES string of the molecule is C#CCCN1CCCCS1(=O)=O. The first kappa shape index (κ1) is 9.56. The molecule has 0 aliphatic carbocycles. The van der Waals surface area contributed by atoms with Gasteiger partial charge in [0.2, 0.25) is 10.0 Å². The van der Waals surface area contributed by atoms with Gasteiger partial charge in [-0.05, 0) is 12.8 Å². The molecule has 0 spiro atoms. The van der Waals surface area contributed by atoms with Crippen molar-refractivity contribution in [3.8, 4) is 12.3 Å². The first-order valence-electron chi connectivity index (χ1n) is 4.08. The van der Waals surface area contributed by atoms with Crippen molar-refractivity contribution in [3.63, 3.8) is 0 Å². The summed E-state index contributed by atoms with van der Waals surface area (Å²) in [5.41, 5.74) is 0. The smallest absolute Gasteiger partial charge is 0.212 e. The molecule has 0 unspecified atom stereocenters. The molecule has 3 nitrogen and oxygen atoms in total. The summed E-state index contributed by atoms with van der Waals surface area (Å²) in [6, 6.07) is 0. The van der Waals surface area contributed by atoms with Crippen LogP contribution in [0.1, 0.15) is 19.3 Å². The van der Waals surface area contributed by atoms with Gasteiger partial charge >= 0.3 is 0 Å². The third-order valence-electron chi connectivity index (χ3n) is 1.96. The largest absolute Gasteiger partial charge is 0.214 e. The predicted molar refractivity (Wildman–Crippen MR) is 48.0 cm³/mol. The summed E-state index contributed by atoms with van der Waals surface area (Å²) in [5.74, 6) is 2.74. The van der Waals surface area contributed by atoms with Gasteiger partial charge in [-0.2, -0.15) is 0 Å². The predicted octanol–water partition coefficient (Wildman–Crippen LogP) is 0.435. The highest BCUT2D eigenvalue weighted by atomic mass is 32.2. The quantitative estimate of drug-likeness (QED) is 0.588. The van der Waals surface area contributed by atoms with Crippen LogP contribution in [0.5, 0.6) is 0 Å². The minimum Gasteiger partial charge on any atom is -0.212 e. The number of rotatable bonds is 2. The van der Waals surface area contributed by atoms with Gasteiger partial charge in [-0.15, -0.1) is 12.3 Å². The molecule has 0 aromatic rings. The molecule has 0 N–H and O–H groups in total. The molecule has 0 saturated carbocycles. The summed E-state index contributed by atoms with van der Waals surface area (Å²) < 4.78 is 24.2. The molecular formula is C8H13NO2S. The van der Waals surface area contributed by atoms with Gasteiger partial charge in [-0.1, -0.05) is 0 Å². The zero-order valence-corrected chi connectivity index (χ0v) is 7.81. The second-order valence-corrected chi connectivity index (χ2v) is 4.96. The van der Waals surface area contributed by atoms with Crippen LogP contribution in [-0.4, -0.2) is 31.6 Å². The Kier molecular flexibility index (Phi) is 3.12. The van der Waals surface area contributed by atoms with Crippen LogP contribution in [0.2, 0.25) is 0 Å². The van der Waals surface area contributed by atoms with Gasteiger partial charge in [-0.3, -0.25) is 0 Å². The van der Waals surface area contributed by atoms with E-state index in [0.717, 1.165) is 12.8 Å². The highest BCUT2D eigenvalue weighted by Crippen LogP contribution is 2.13. The van der Waals surface area contributed by atoms with Crippen molar-refractivity contribution in [1.29, 1.82) is 0 Å². The van der Waals surface area contributed by atoms with E-state index in [2.05, 4.69) is 5.92 Å². The summed E-state index contributed by atoms with van der Waals surface area (Å²) in [5, 5.41) is 0. The normalized spacial score (nSPS) is 23.2. The van der Waals surface area contributed by atoms with Crippen LogP contribution in [0.15, 0.2) is 0 Å². The lowest BCUT2D eigenvalue weighted by molar-refractivity contribution is 0.390. The number of hydrogen-bond acceptors (Lipinski definition) is 2. The molecule has 1 rings (SSSR count). The lowest BCUT2D eigenvalue weighted by Gasteiger charge is -2.25.